The lowest BCUT2D eigenvalue weighted by molar-refractivity contribution is -0.127. The second kappa shape index (κ2) is 7.44. The smallest absolute Gasteiger partial charge is 0.263 e. The van der Waals surface area contributed by atoms with Crippen LogP contribution in [-0.4, -0.2) is 40.8 Å². The minimum Gasteiger partial charge on any atom is -0.465 e. The van der Waals surface area contributed by atoms with Crippen molar-refractivity contribution in [3.8, 4) is 0 Å². The molecule has 0 bridgehead atoms. The van der Waals surface area contributed by atoms with E-state index in [2.05, 4.69) is 10.3 Å². The average Bonchev–Trinajstić information content (AvgIpc) is 3.24. The lowest BCUT2D eigenvalue weighted by Gasteiger charge is -2.31. The van der Waals surface area contributed by atoms with Crippen LogP contribution in [0.25, 0.3) is 6.08 Å². The Morgan fingerprint density at radius 3 is 2.83 bits per heavy atom. The fourth-order valence-corrected chi connectivity index (χ4v) is 3.37. The molecule has 0 saturated carbocycles. The monoisotopic (exact) mass is 345 g/mol. The first-order chi connectivity index (χ1) is 11.6. The van der Waals surface area contributed by atoms with E-state index >= 15 is 0 Å². The van der Waals surface area contributed by atoms with Crippen LogP contribution < -0.4 is 5.32 Å². The molecule has 3 rings (SSSR count). The van der Waals surface area contributed by atoms with Gasteiger partial charge in [-0.2, -0.15) is 0 Å². The topological polar surface area (TPSA) is 75.4 Å². The third kappa shape index (κ3) is 3.91. The largest absolute Gasteiger partial charge is 0.465 e. The fourth-order valence-electron chi connectivity index (χ4n) is 2.66. The van der Waals surface area contributed by atoms with Gasteiger partial charge >= 0.3 is 0 Å². The number of thiazole rings is 1. The molecule has 1 fully saturated rings. The second-order valence-electron chi connectivity index (χ2n) is 5.69. The Morgan fingerprint density at radius 1 is 1.42 bits per heavy atom. The van der Waals surface area contributed by atoms with E-state index in [1.54, 1.807) is 34.9 Å². The number of nitrogens with one attached hydrogen (secondary N) is 1. The highest BCUT2D eigenvalue weighted by atomic mass is 32.1. The summed E-state index contributed by atoms with van der Waals surface area (Å²) in [6.45, 7) is 3.10. The van der Waals surface area contributed by atoms with Gasteiger partial charge in [0.2, 0.25) is 5.91 Å². The Kier molecular flexibility index (Phi) is 5.10. The molecule has 6 nitrogen and oxygen atoms in total. The zero-order valence-corrected chi connectivity index (χ0v) is 14.2. The molecule has 0 atom stereocenters. The third-order valence-corrected chi connectivity index (χ3v) is 4.95. The van der Waals surface area contributed by atoms with Gasteiger partial charge in [-0.05, 0) is 38.0 Å². The van der Waals surface area contributed by atoms with Gasteiger partial charge in [0, 0.05) is 25.2 Å². The summed E-state index contributed by atoms with van der Waals surface area (Å²) in [7, 11) is 0. The molecule has 0 radical (unpaired) electrons. The number of hydrogen-bond donors (Lipinski definition) is 1. The van der Waals surface area contributed by atoms with Crippen molar-refractivity contribution in [1.82, 2.24) is 15.2 Å². The molecular weight excluding hydrogens is 326 g/mol. The highest BCUT2D eigenvalue weighted by molar-refractivity contribution is 7.11. The van der Waals surface area contributed by atoms with Crippen molar-refractivity contribution in [2.75, 3.05) is 13.1 Å². The second-order valence-corrected chi connectivity index (χ2v) is 6.54. The van der Waals surface area contributed by atoms with Crippen LogP contribution in [-0.2, 0) is 4.79 Å². The zero-order chi connectivity index (χ0) is 16.9. The van der Waals surface area contributed by atoms with E-state index in [4.69, 9.17) is 4.42 Å². The first kappa shape index (κ1) is 16.4. The Morgan fingerprint density at radius 2 is 2.21 bits per heavy atom. The van der Waals surface area contributed by atoms with Gasteiger partial charge in [0.1, 0.15) is 10.6 Å². The molecule has 0 aromatic carbocycles. The Hall–Kier alpha value is -2.41. The van der Waals surface area contributed by atoms with Crippen molar-refractivity contribution >= 4 is 29.2 Å². The van der Waals surface area contributed by atoms with Gasteiger partial charge < -0.3 is 14.6 Å². The number of carbonyl (C=O) groups excluding carboxylic acids is 2. The van der Waals surface area contributed by atoms with Gasteiger partial charge in [-0.3, -0.25) is 9.59 Å². The predicted octanol–water partition coefficient (Wildman–Crippen LogP) is 2.48. The lowest BCUT2D eigenvalue weighted by atomic mass is 10.0. The standard InChI is InChI=1S/C17H19N3O3S/c1-12-16(24-11-18-12)17(22)19-13-6-8-20(9-7-13)15(21)5-4-14-3-2-10-23-14/h2-5,10-11,13H,6-9H2,1H3,(H,19,22). The van der Waals surface area contributed by atoms with E-state index in [1.165, 1.54) is 17.4 Å². The number of aromatic nitrogens is 1. The van der Waals surface area contributed by atoms with Crippen LogP contribution in [0.3, 0.4) is 0 Å². The van der Waals surface area contributed by atoms with E-state index in [0.29, 0.717) is 23.7 Å². The number of amides is 2. The predicted molar refractivity (Wildman–Crippen MR) is 91.7 cm³/mol. The summed E-state index contributed by atoms with van der Waals surface area (Å²) >= 11 is 1.35. The average molecular weight is 345 g/mol. The summed E-state index contributed by atoms with van der Waals surface area (Å²) in [6.07, 6.45) is 6.28. The van der Waals surface area contributed by atoms with Crippen molar-refractivity contribution in [3.05, 3.63) is 46.3 Å². The highest BCUT2D eigenvalue weighted by Gasteiger charge is 2.24. The SMILES string of the molecule is Cc1ncsc1C(=O)NC1CCN(C(=O)C=Cc2ccco2)CC1. The lowest BCUT2D eigenvalue weighted by Crippen LogP contribution is -2.46. The molecule has 2 aromatic rings. The van der Waals surface area contributed by atoms with E-state index < -0.39 is 0 Å². The maximum absolute atomic E-state index is 12.2. The number of hydrogen-bond acceptors (Lipinski definition) is 5. The molecule has 0 unspecified atom stereocenters. The molecule has 2 aromatic heterocycles. The number of aryl methyl sites for hydroxylation is 1. The molecule has 0 spiro atoms. The number of furan rings is 1. The molecular formula is C17H19N3O3S. The van der Waals surface area contributed by atoms with E-state index in [0.717, 1.165) is 18.5 Å². The van der Waals surface area contributed by atoms with Crippen molar-refractivity contribution in [1.29, 1.82) is 0 Å². The van der Waals surface area contributed by atoms with Crippen LogP contribution in [0.5, 0.6) is 0 Å². The third-order valence-electron chi connectivity index (χ3n) is 4.03. The minimum absolute atomic E-state index is 0.0329. The van der Waals surface area contributed by atoms with Gasteiger partial charge in [0.05, 0.1) is 17.5 Å². The molecule has 24 heavy (non-hydrogen) atoms. The molecule has 1 aliphatic heterocycles. The molecule has 1 aliphatic rings. The molecule has 1 N–H and O–H groups in total. The van der Waals surface area contributed by atoms with Gasteiger partial charge in [-0.1, -0.05) is 0 Å². The molecule has 2 amide bonds. The summed E-state index contributed by atoms with van der Waals surface area (Å²) < 4.78 is 5.17. The van der Waals surface area contributed by atoms with Crippen molar-refractivity contribution in [3.63, 3.8) is 0 Å². The maximum Gasteiger partial charge on any atom is 0.263 e. The van der Waals surface area contributed by atoms with Crippen molar-refractivity contribution in [2.45, 2.75) is 25.8 Å². The van der Waals surface area contributed by atoms with Crippen molar-refractivity contribution in [2.24, 2.45) is 0 Å². The van der Waals surface area contributed by atoms with E-state index in [9.17, 15) is 9.59 Å². The molecule has 126 valence electrons. The maximum atomic E-state index is 12.2. The molecule has 0 aliphatic carbocycles. The number of carbonyl (C=O) groups is 2. The van der Waals surface area contributed by atoms with Crippen LogP contribution in [0.15, 0.2) is 34.4 Å². The molecule has 3 heterocycles. The fraction of sp³-hybridized carbons (Fsp3) is 0.353. The number of piperidine rings is 1. The van der Waals surface area contributed by atoms with Crippen LogP contribution in [0.1, 0.15) is 34.0 Å². The van der Waals surface area contributed by atoms with Gasteiger partial charge in [0.25, 0.3) is 5.91 Å². The molecule has 7 heteroatoms. The highest BCUT2D eigenvalue weighted by Crippen LogP contribution is 2.15. The summed E-state index contributed by atoms with van der Waals surface area (Å²) in [6, 6.07) is 3.67. The number of rotatable bonds is 4. The van der Waals surface area contributed by atoms with Crippen LogP contribution in [0, 0.1) is 6.92 Å². The first-order valence-corrected chi connectivity index (χ1v) is 8.73. The summed E-state index contributed by atoms with van der Waals surface area (Å²) in [5.74, 6) is 0.553. The first-order valence-electron chi connectivity index (χ1n) is 7.85. The van der Waals surface area contributed by atoms with E-state index in [-0.39, 0.29) is 17.9 Å². The van der Waals surface area contributed by atoms with E-state index in [1.807, 2.05) is 6.92 Å². The van der Waals surface area contributed by atoms with Gasteiger partial charge in [-0.25, -0.2) is 4.98 Å². The van der Waals surface area contributed by atoms with Gasteiger partial charge in [0.15, 0.2) is 0 Å². The summed E-state index contributed by atoms with van der Waals surface area (Å²) in [4.78, 5) is 30.9. The summed E-state index contributed by atoms with van der Waals surface area (Å²) in [5, 5.41) is 3.04. The number of likely N-dealkylation sites (tertiary alicyclic amines) is 1. The quantitative estimate of drug-likeness (QED) is 0.864. The Bertz CT molecular complexity index is 728. The number of nitrogens with zero attached hydrogens (tertiary/aromatic N) is 2. The molecule has 1 saturated heterocycles. The minimum atomic E-state index is -0.0718. The van der Waals surface area contributed by atoms with Crippen LogP contribution >= 0.6 is 11.3 Å². The Labute approximate surface area is 144 Å². The summed E-state index contributed by atoms with van der Waals surface area (Å²) in [5.41, 5.74) is 2.44. The zero-order valence-electron chi connectivity index (χ0n) is 13.4. The van der Waals surface area contributed by atoms with Crippen molar-refractivity contribution < 1.29 is 14.0 Å². The van der Waals surface area contributed by atoms with Crippen LogP contribution in [0.2, 0.25) is 0 Å². The van der Waals surface area contributed by atoms with Crippen LogP contribution in [0.4, 0.5) is 0 Å². The normalized spacial score (nSPS) is 15.8. The Balaban J connectivity index is 1.48. The van der Waals surface area contributed by atoms with Gasteiger partial charge in [-0.15, -0.1) is 11.3 Å².